The van der Waals surface area contributed by atoms with Crippen LogP contribution in [0.25, 0.3) is 6.08 Å². The predicted octanol–water partition coefficient (Wildman–Crippen LogP) is 0.937. The number of para-hydroxylation sites is 1. The summed E-state index contributed by atoms with van der Waals surface area (Å²) in [7, 11) is 1.85. The molecular weight excluding hydrogens is 226 g/mol. The molecule has 1 aromatic carbocycles. The van der Waals surface area contributed by atoms with Crippen molar-refractivity contribution in [3.05, 3.63) is 35.9 Å². The molecule has 0 bridgehead atoms. The summed E-state index contributed by atoms with van der Waals surface area (Å²) in [5.41, 5.74) is 7.70. The summed E-state index contributed by atoms with van der Waals surface area (Å²) in [5.74, 6) is 0.166. The van der Waals surface area contributed by atoms with Crippen LogP contribution in [0, 0.1) is 0 Å². The number of nitrogens with zero attached hydrogens (tertiary/aromatic N) is 2. The number of carbonyl (C=O) groups excluding carboxylic acids is 1. The minimum Gasteiger partial charge on any atom is -0.360 e. The van der Waals surface area contributed by atoms with E-state index in [0.29, 0.717) is 13.1 Å². The SMILES string of the molecule is CN1CCN(c2ccccc2/C=C/CN)CC1=O. The van der Waals surface area contributed by atoms with E-state index in [1.54, 1.807) is 4.90 Å². The Hall–Kier alpha value is -1.81. The topological polar surface area (TPSA) is 49.6 Å². The van der Waals surface area contributed by atoms with Gasteiger partial charge in [0.2, 0.25) is 5.91 Å². The average Bonchev–Trinajstić information content (AvgIpc) is 2.40. The fourth-order valence-corrected chi connectivity index (χ4v) is 2.08. The van der Waals surface area contributed by atoms with E-state index >= 15 is 0 Å². The van der Waals surface area contributed by atoms with Crippen LogP contribution in [0.15, 0.2) is 30.3 Å². The molecule has 1 aliphatic heterocycles. The Morgan fingerprint density at radius 3 is 2.83 bits per heavy atom. The lowest BCUT2D eigenvalue weighted by atomic mass is 10.1. The van der Waals surface area contributed by atoms with Gasteiger partial charge >= 0.3 is 0 Å². The fourth-order valence-electron chi connectivity index (χ4n) is 2.08. The van der Waals surface area contributed by atoms with Gasteiger partial charge in [0.15, 0.2) is 0 Å². The Morgan fingerprint density at radius 2 is 2.11 bits per heavy atom. The molecule has 0 radical (unpaired) electrons. The second-order valence-corrected chi connectivity index (χ2v) is 4.43. The molecule has 1 amide bonds. The first-order chi connectivity index (χ1) is 8.72. The molecule has 0 saturated carbocycles. The van der Waals surface area contributed by atoms with Gasteiger partial charge in [0, 0.05) is 32.4 Å². The number of benzene rings is 1. The number of hydrogen-bond donors (Lipinski definition) is 1. The quantitative estimate of drug-likeness (QED) is 0.862. The molecule has 0 spiro atoms. The van der Waals surface area contributed by atoms with Crippen molar-refractivity contribution in [1.29, 1.82) is 0 Å². The van der Waals surface area contributed by atoms with Crippen LogP contribution < -0.4 is 10.6 Å². The Bertz CT molecular complexity index is 456. The van der Waals surface area contributed by atoms with Crippen LogP contribution in [0.4, 0.5) is 5.69 Å². The Labute approximate surface area is 108 Å². The Kier molecular flexibility index (Phi) is 3.99. The summed E-state index contributed by atoms with van der Waals surface area (Å²) >= 11 is 0. The van der Waals surface area contributed by atoms with E-state index in [1.165, 1.54) is 0 Å². The lowest BCUT2D eigenvalue weighted by Gasteiger charge is -2.34. The van der Waals surface area contributed by atoms with Gasteiger partial charge in [-0.2, -0.15) is 0 Å². The smallest absolute Gasteiger partial charge is 0.241 e. The molecule has 1 aromatic rings. The molecule has 1 saturated heterocycles. The summed E-state index contributed by atoms with van der Waals surface area (Å²) in [6.45, 7) is 2.61. The van der Waals surface area contributed by atoms with Gasteiger partial charge in [0.05, 0.1) is 6.54 Å². The molecule has 0 atom stereocenters. The van der Waals surface area contributed by atoms with E-state index in [9.17, 15) is 4.79 Å². The molecule has 4 heteroatoms. The molecule has 0 aromatic heterocycles. The molecule has 96 valence electrons. The number of hydrogen-bond acceptors (Lipinski definition) is 3. The highest BCUT2D eigenvalue weighted by molar-refractivity contribution is 5.84. The number of anilines is 1. The minimum absolute atomic E-state index is 0.166. The van der Waals surface area contributed by atoms with Crippen LogP contribution in [0.2, 0.25) is 0 Å². The number of likely N-dealkylation sites (N-methyl/N-ethyl adjacent to an activating group) is 1. The van der Waals surface area contributed by atoms with Gasteiger partial charge in [0.25, 0.3) is 0 Å². The lowest BCUT2D eigenvalue weighted by Crippen LogP contribution is -2.48. The predicted molar refractivity (Wildman–Crippen MR) is 74.4 cm³/mol. The molecule has 2 rings (SSSR count). The molecule has 1 fully saturated rings. The zero-order valence-electron chi connectivity index (χ0n) is 10.7. The monoisotopic (exact) mass is 245 g/mol. The lowest BCUT2D eigenvalue weighted by molar-refractivity contribution is -0.129. The highest BCUT2D eigenvalue weighted by Crippen LogP contribution is 2.23. The molecule has 1 heterocycles. The summed E-state index contributed by atoms with van der Waals surface area (Å²) < 4.78 is 0. The van der Waals surface area contributed by atoms with Gasteiger partial charge in [-0.3, -0.25) is 4.79 Å². The van der Waals surface area contributed by atoms with Gasteiger partial charge in [0.1, 0.15) is 0 Å². The van der Waals surface area contributed by atoms with Crippen molar-refractivity contribution in [2.45, 2.75) is 0 Å². The second-order valence-electron chi connectivity index (χ2n) is 4.43. The Balaban J connectivity index is 2.22. The third-order valence-electron chi connectivity index (χ3n) is 3.17. The number of piperazine rings is 1. The summed E-state index contributed by atoms with van der Waals surface area (Å²) in [4.78, 5) is 15.6. The molecule has 2 N–H and O–H groups in total. The molecule has 0 aliphatic carbocycles. The van der Waals surface area contributed by atoms with E-state index in [2.05, 4.69) is 11.0 Å². The van der Waals surface area contributed by atoms with Crippen LogP contribution in [0.1, 0.15) is 5.56 Å². The molecule has 0 unspecified atom stereocenters. The average molecular weight is 245 g/mol. The second kappa shape index (κ2) is 5.69. The highest BCUT2D eigenvalue weighted by Gasteiger charge is 2.21. The van der Waals surface area contributed by atoms with Gasteiger partial charge in [-0.1, -0.05) is 30.4 Å². The summed E-state index contributed by atoms with van der Waals surface area (Å²) in [6, 6.07) is 8.09. The fraction of sp³-hybridized carbons (Fsp3) is 0.357. The van der Waals surface area contributed by atoms with Crippen molar-refractivity contribution in [2.75, 3.05) is 38.1 Å². The van der Waals surface area contributed by atoms with Crippen molar-refractivity contribution >= 4 is 17.7 Å². The minimum atomic E-state index is 0.166. The van der Waals surface area contributed by atoms with Gasteiger partial charge in [-0.05, 0) is 11.6 Å². The van der Waals surface area contributed by atoms with E-state index in [1.807, 2.05) is 37.4 Å². The van der Waals surface area contributed by atoms with E-state index in [0.717, 1.165) is 24.3 Å². The summed E-state index contributed by atoms with van der Waals surface area (Å²) in [5, 5.41) is 0. The maximum Gasteiger partial charge on any atom is 0.241 e. The first-order valence-corrected chi connectivity index (χ1v) is 6.17. The maximum atomic E-state index is 11.7. The van der Waals surface area contributed by atoms with Gasteiger partial charge in [-0.15, -0.1) is 0 Å². The number of rotatable bonds is 3. The molecular formula is C14H19N3O. The number of carbonyl (C=O) groups is 1. The van der Waals surface area contributed by atoms with Crippen LogP contribution in [-0.2, 0) is 4.79 Å². The van der Waals surface area contributed by atoms with Crippen LogP contribution in [0.3, 0.4) is 0 Å². The molecule has 1 aliphatic rings. The molecule has 4 nitrogen and oxygen atoms in total. The van der Waals surface area contributed by atoms with Crippen LogP contribution in [-0.4, -0.2) is 44.0 Å². The maximum absolute atomic E-state index is 11.7. The van der Waals surface area contributed by atoms with Gasteiger partial charge < -0.3 is 15.5 Å². The highest BCUT2D eigenvalue weighted by atomic mass is 16.2. The van der Waals surface area contributed by atoms with E-state index in [4.69, 9.17) is 5.73 Å². The number of nitrogens with two attached hydrogens (primary N) is 1. The van der Waals surface area contributed by atoms with Crippen LogP contribution >= 0.6 is 0 Å². The third kappa shape index (κ3) is 2.71. The van der Waals surface area contributed by atoms with E-state index < -0.39 is 0 Å². The van der Waals surface area contributed by atoms with Crippen LogP contribution in [0.5, 0.6) is 0 Å². The summed E-state index contributed by atoms with van der Waals surface area (Å²) in [6.07, 6.45) is 3.94. The van der Waals surface area contributed by atoms with Crippen molar-refractivity contribution in [3.8, 4) is 0 Å². The van der Waals surface area contributed by atoms with Crippen molar-refractivity contribution in [2.24, 2.45) is 5.73 Å². The third-order valence-corrected chi connectivity index (χ3v) is 3.17. The van der Waals surface area contributed by atoms with E-state index in [-0.39, 0.29) is 5.91 Å². The molecule has 18 heavy (non-hydrogen) atoms. The normalized spacial score (nSPS) is 16.7. The first-order valence-electron chi connectivity index (χ1n) is 6.17. The zero-order valence-corrected chi connectivity index (χ0v) is 10.7. The van der Waals surface area contributed by atoms with Crippen molar-refractivity contribution in [3.63, 3.8) is 0 Å². The largest absolute Gasteiger partial charge is 0.360 e. The van der Waals surface area contributed by atoms with Gasteiger partial charge in [-0.25, -0.2) is 0 Å². The Morgan fingerprint density at radius 1 is 1.33 bits per heavy atom. The van der Waals surface area contributed by atoms with Crippen molar-refractivity contribution < 1.29 is 4.79 Å². The first kappa shape index (κ1) is 12.6. The zero-order chi connectivity index (χ0) is 13.0. The standard InChI is InChI=1S/C14H19N3O/c1-16-9-10-17(11-14(16)18)13-7-3-2-5-12(13)6-4-8-15/h2-7H,8-11,15H2,1H3/b6-4+. The number of amides is 1. The van der Waals surface area contributed by atoms with Crippen molar-refractivity contribution in [1.82, 2.24) is 4.90 Å².